The van der Waals surface area contributed by atoms with E-state index in [1.807, 2.05) is 0 Å². The number of hydrogen-bond acceptors (Lipinski definition) is 6. The Morgan fingerprint density at radius 1 is 1.23 bits per heavy atom. The second-order valence-corrected chi connectivity index (χ2v) is 5.91. The Morgan fingerprint density at radius 2 is 2.04 bits per heavy atom. The molecular formula is C16H11Cl2N5O3. The van der Waals surface area contributed by atoms with Crippen molar-refractivity contribution in [1.29, 1.82) is 0 Å². The van der Waals surface area contributed by atoms with Gasteiger partial charge in [-0.25, -0.2) is 9.98 Å². The van der Waals surface area contributed by atoms with Crippen molar-refractivity contribution in [2.24, 2.45) is 10.9 Å². The molecule has 1 aliphatic carbocycles. The molecule has 1 amide bonds. The number of aliphatic imine (C=N–C) groups is 1. The first-order valence-electron chi connectivity index (χ1n) is 7.27. The smallest absolute Gasteiger partial charge is 0.318 e. The van der Waals surface area contributed by atoms with Gasteiger partial charge in [-0.2, -0.15) is 0 Å². The van der Waals surface area contributed by atoms with Crippen LogP contribution < -0.4 is 0 Å². The van der Waals surface area contributed by atoms with Crippen LogP contribution in [0.15, 0.2) is 58.1 Å². The van der Waals surface area contributed by atoms with Crippen LogP contribution in [0.5, 0.6) is 0 Å². The van der Waals surface area contributed by atoms with E-state index in [-0.39, 0.29) is 21.5 Å². The molecule has 0 aromatic carbocycles. The van der Waals surface area contributed by atoms with Crippen LogP contribution in [-0.2, 0) is 9.53 Å². The minimum absolute atomic E-state index is 0.00940. The third-order valence-electron chi connectivity index (χ3n) is 3.46. The van der Waals surface area contributed by atoms with E-state index in [0.717, 1.165) is 0 Å². The van der Waals surface area contributed by atoms with Gasteiger partial charge in [0.05, 0.1) is 22.9 Å². The van der Waals surface area contributed by atoms with Gasteiger partial charge < -0.3 is 4.74 Å². The molecule has 1 aliphatic rings. The lowest BCUT2D eigenvalue weighted by molar-refractivity contribution is -0.141. The number of rotatable bonds is 3. The molecule has 3 rings (SSSR count). The fourth-order valence-corrected chi connectivity index (χ4v) is 2.52. The molecule has 0 aliphatic heterocycles. The second kappa shape index (κ2) is 7.59. The van der Waals surface area contributed by atoms with Gasteiger partial charge in [-0.1, -0.05) is 23.2 Å². The lowest BCUT2D eigenvalue weighted by atomic mass is 9.98. The van der Waals surface area contributed by atoms with Crippen LogP contribution in [-0.4, -0.2) is 44.4 Å². The maximum absolute atomic E-state index is 12.4. The molecule has 132 valence electrons. The molecule has 2 heterocycles. The highest BCUT2D eigenvalue weighted by Gasteiger charge is 2.28. The number of esters is 1. The Labute approximate surface area is 157 Å². The molecule has 0 radical (unpaired) electrons. The molecule has 2 aromatic heterocycles. The summed E-state index contributed by atoms with van der Waals surface area (Å²) in [5, 5.41) is 8.15. The zero-order valence-electron chi connectivity index (χ0n) is 13.3. The van der Waals surface area contributed by atoms with E-state index in [2.05, 4.69) is 20.2 Å². The summed E-state index contributed by atoms with van der Waals surface area (Å²) in [6, 6.07) is 3.07. The average Bonchev–Trinajstić information content (AvgIpc) is 3.18. The Hall–Kier alpha value is -2.84. The molecule has 0 N–H and O–H groups in total. The molecule has 2 aromatic rings. The van der Waals surface area contributed by atoms with Crippen LogP contribution in [0.1, 0.15) is 10.5 Å². The number of methoxy groups -OCH3 is 1. The topological polar surface area (TPSA) is 99.3 Å². The minimum Gasteiger partial charge on any atom is -0.468 e. The standard InChI is InChI=1S/C16H11Cl2N5O3/c1-26-16(25)9-6-10(17)11(18)7-13(9)20-15(24)12-2-3-14(22-21-12)23-5-4-19-8-23/h2-9H,1H3. The van der Waals surface area contributed by atoms with E-state index in [1.165, 1.54) is 25.3 Å². The van der Waals surface area contributed by atoms with Crippen molar-refractivity contribution in [3.05, 3.63) is 58.8 Å². The predicted octanol–water partition coefficient (Wildman–Crippen LogP) is 2.29. The molecule has 0 saturated heterocycles. The summed E-state index contributed by atoms with van der Waals surface area (Å²) in [5.41, 5.74) is 0.117. The average molecular weight is 392 g/mol. The highest BCUT2D eigenvalue weighted by Crippen LogP contribution is 2.28. The lowest BCUT2D eigenvalue weighted by Crippen LogP contribution is -2.25. The van der Waals surface area contributed by atoms with Gasteiger partial charge >= 0.3 is 5.97 Å². The largest absolute Gasteiger partial charge is 0.468 e. The predicted molar refractivity (Wildman–Crippen MR) is 94.3 cm³/mol. The number of aromatic nitrogens is 4. The van der Waals surface area contributed by atoms with E-state index >= 15 is 0 Å². The summed E-state index contributed by atoms with van der Waals surface area (Å²) < 4.78 is 6.34. The molecular weight excluding hydrogens is 381 g/mol. The van der Waals surface area contributed by atoms with Crippen molar-refractivity contribution in [2.75, 3.05) is 7.11 Å². The maximum atomic E-state index is 12.4. The van der Waals surface area contributed by atoms with Crippen molar-refractivity contribution in [3.63, 3.8) is 0 Å². The Morgan fingerprint density at radius 3 is 2.65 bits per heavy atom. The highest BCUT2D eigenvalue weighted by molar-refractivity contribution is 6.46. The zero-order chi connectivity index (χ0) is 18.7. The summed E-state index contributed by atoms with van der Waals surface area (Å²) in [4.78, 5) is 32.1. The molecule has 0 fully saturated rings. The van der Waals surface area contributed by atoms with Crippen LogP contribution >= 0.6 is 23.2 Å². The number of ether oxygens (including phenoxy) is 1. The van der Waals surface area contributed by atoms with Crippen LogP contribution in [0.25, 0.3) is 5.82 Å². The summed E-state index contributed by atoms with van der Waals surface area (Å²) in [5.74, 6) is -1.73. The molecule has 1 atom stereocenters. The normalized spacial score (nSPS) is 18.3. The first-order valence-corrected chi connectivity index (χ1v) is 8.03. The van der Waals surface area contributed by atoms with Gasteiger partial charge in [0, 0.05) is 12.4 Å². The third kappa shape index (κ3) is 3.71. The molecule has 0 bridgehead atoms. The maximum Gasteiger partial charge on any atom is 0.318 e. The Balaban J connectivity index is 1.88. The summed E-state index contributed by atoms with van der Waals surface area (Å²) in [6.45, 7) is 0. The van der Waals surface area contributed by atoms with Crippen molar-refractivity contribution < 1.29 is 14.3 Å². The molecule has 8 nitrogen and oxygen atoms in total. The number of amides is 1. The summed E-state index contributed by atoms with van der Waals surface area (Å²) in [6.07, 6.45) is 7.55. The van der Waals surface area contributed by atoms with Gasteiger partial charge in [0.25, 0.3) is 5.91 Å². The van der Waals surface area contributed by atoms with Gasteiger partial charge in [0.2, 0.25) is 0 Å². The number of nitrogens with zero attached hydrogens (tertiary/aromatic N) is 5. The van der Waals surface area contributed by atoms with Gasteiger partial charge in [0.1, 0.15) is 12.2 Å². The van der Waals surface area contributed by atoms with E-state index in [9.17, 15) is 9.59 Å². The number of hydrogen-bond donors (Lipinski definition) is 0. The van der Waals surface area contributed by atoms with Crippen LogP contribution in [0.3, 0.4) is 0 Å². The zero-order valence-corrected chi connectivity index (χ0v) is 14.8. The Kier molecular flexibility index (Phi) is 5.24. The van der Waals surface area contributed by atoms with E-state index in [0.29, 0.717) is 5.82 Å². The van der Waals surface area contributed by atoms with Crippen LogP contribution in [0, 0.1) is 5.92 Å². The number of carbonyl (C=O) groups is 2. The van der Waals surface area contributed by atoms with Crippen LogP contribution in [0.2, 0.25) is 0 Å². The van der Waals surface area contributed by atoms with Crippen molar-refractivity contribution >= 4 is 40.8 Å². The van der Waals surface area contributed by atoms with Gasteiger partial charge in [-0.05, 0) is 24.3 Å². The lowest BCUT2D eigenvalue weighted by Gasteiger charge is -2.16. The molecule has 10 heteroatoms. The molecule has 0 spiro atoms. The molecule has 26 heavy (non-hydrogen) atoms. The second-order valence-electron chi connectivity index (χ2n) is 5.10. The van der Waals surface area contributed by atoms with Crippen molar-refractivity contribution in [3.8, 4) is 5.82 Å². The fraction of sp³-hybridized carbons (Fsp3) is 0.125. The van der Waals surface area contributed by atoms with E-state index in [1.54, 1.807) is 29.4 Å². The van der Waals surface area contributed by atoms with Gasteiger partial charge in [-0.3, -0.25) is 14.2 Å². The molecule has 1 unspecified atom stereocenters. The SMILES string of the molecule is COC(=O)C1C=C(Cl)C(Cl)=CC1=NC(=O)c1ccc(-n2ccnc2)nn1. The highest BCUT2D eigenvalue weighted by atomic mass is 35.5. The quantitative estimate of drug-likeness (QED) is 0.744. The fourth-order valence-electron chi connectivity index (χ4n) is 2.16. The van der Waals surface area contributed by atoms with Gasteiger partial charge in [0.15, 0.2) is 11.5 Å². The van der Waals surface area contributed by atoms with Crippen molar-refractivity contribution in [1.82, 2.24) is 19.7 Å². The summed E-state index contributed by atoms with van der Waals surface area (Å²) in [7, 11) is 1.23. The van der Waals surface area contributed by atoms with Crippen LogP contribution in [0.4, 0.5) is 0 Å². The number of carbonyl (C=O) groups excluding carboxylic acids is 2. The number of allylic oxidation sites excluding steroid dienone is 3. The Bertz CT molecular complexity index is 933. The number of halogens is 2. The van der Waals surface area contributed by atoms with Gasteiger partial charge in [-0.15, -0.1) is 10.2 Å². The van der Waals surface area contributed by atoms with E-state index in [4.69, 9.17) is 27.9 Å². The molecule has 0 saturated carbocycles. The summed E-state index contributed by atoms with van der Waals surface area (Å²) >= 11 is 11.9. The minimum atomic E-state index is -0.933. The van der Waals surface area contributed by atoms with E-state index < -0.39 is 17.8 Å². The first-order chi connectivity index (χ1) is 12.5. The number of imidazole rings is 1. The first kappa shape index (κ1) is 18.0. The monoisotopic (exact) mass is 391 g/mol. The van der Waals surface area contributed by atoms with Crippen molar-refractivity contribution in [2.45, 2.75) is 0 Å². The third-order valence-corrected chi connectivity index (χ3v) is 4.20.